The van der Waals surface area contributed by atoms with Crippen LogP contribution in [0.5, 0.6) is 0 Å². The van der Waals surface area contributed by atoms with Gasteiger partial charge in [-0.25, -0.2) is 14.8 Å². The number of nitrogens with zero attached hydrogens (tertiary/aromatic N) is 3. The number of carboxylic acids is 3. The number of aryl methyl sites for hydroxylation is 1. The van der Waals surface area contributed by atoms with Gasteiger partial charge in [0, 0.05) is 51.1 Å². The minimum atomic E-state index is -2.74. The second kappa shape index (κ2) is 13.9. The summed E-state index contributed by atoms with van der Waals surface area (Å²) in [5.74, 6) is -4.20. The second-order valence-corrected chi connectivity index (χ2v) is 9.35. The summed E-state index contributed by atoms with van der Waals surface area (Å²) < 4.78 is 5.05. The fourth-order valence-electron chi connectivity index (χ4n) is 4.20. The van der Waals surface area contributed by atoms with Crippen LogP contribution in [0.2, 0.25) is 0 Å². The molecular weight excluding hydrogens is 498 g/mol. The Labute approximate surface area is 220 Å². The molecule has 1 fully saturated rings. The smallest absolute Gasteiger partial charge is 0.336 e. The highest BCUT2D eigenvalue weighted by molar-refractivity contribution is 5.88. The Morgan fingerprint density at radius 2 is 1.58 bits per heavy atom. The van der Waals surface area contributed by atoms with Gasteiger partial charge in [0.2, 0.25) is 0 Å². The summed E-state index contributed by atoms with van der Waals surface area (Å²) in [6.45, 7) is 5.28. The van der Waals surface area contributed by atoms with Crippen molar-refractivity contribution in [1.29, 1.82) is 0 Å². The first-order chi connectivity index (χ1) is 17.9. The van der Waals surface area contributed by atoms with Crippen LogP contribution in [0.1, 0.15) is 48.2 Å². The van der Waals surface area contributed by atoms with Crippen molar-refractivity contribution < 1.29 is 44.7 Å². The highest BCUT2D eigenvalue weighted by atomic mass is 16.5. The van der Waals surface area contributed by atoms with E-state index in [1.165, 1.54) is 5.56 Å². The van der Waals surface area contributed by atoms with E-state index >= 15 is 0 Å². The fraction of sp³-hybridized carbons (Fsp3) is 0.500. The predicted molar refractivity (Wildman–Crippen MR) is 134 cm³/mol. The first-order valence-electron chi connectivity index (χ1n) is 12.1. The quantitative estimate of drug-likeness (QED) is 0.278. The zero-order valence-corrected chi connectivity index (χ0v) is 21.5. The maximum Gasteiger partial charge on any atom is 0.336 e. The van der Waals surface area contributed by atoms with Gasteiger partial charge in [-0.05, 0) is 30.9 Å². The Morgan fingerprint density at radius 3 is 2.05 bits per heavy atom. The van der Waals surface area contributed by atoms with Crippen LogP contribution in [0.4, 0.5) is 0 Å². The number of aromatic nitrogens is 2. The van der Waals surface area contributed by atoms with Crippen LogP contribution in [0.15, 0.2) is 36.7 Å². The monoisotopic (exact) mass is 533 g/mol. The number of aliphatic carboxylic acids is 3. The second-order valence-electron chi connectivity index (χ2n) is 9.35. The van der Waals surface area contributed by atoms with Gasteiger partial charge in [-0.1, -0.05) is 24.3 Å². The molecule has 38 heavy (non-hydrogen) atoms. The molecule has 1 saturated heterocycles. The molecule has 2 aromatic rings. The summed E-state index contributed by atoms with van der Waals surface area (Å²) >= 11 is 0. The van der Waals surface area contributed by atoms with Crippen molar-refractivity contribution in [2.24, 2.45) is 0 Å². The number of aliphatic hydroxyl groups is 2. The number of carboxylic acid groups (broad SMARTS) is 3. The average Bonchev–Trinajstić information content (AvgIpc) is 2.85. The SMILES string of the molecule is COCCc1ncc(CN2CCC(O)(c3ccccc3C)CC2)cn1.O=C(O)CC(O)(CC(=O)O)C(=O)O. The summed E-state index contributed by atoms with van der Waals surface area (Å²) in [7, 11) is 1.68. The van der Waals surface area contributed by atoms with Gasteiger partial charge in [0.05, 0.1) is 25.0 Å². The number of methoxy groups -OCH3 is 1. The van der Waals surface area contributed by atoms with Crippen molar-refractivity contribution in [2.45, 2.75) is 56.8 Å². The van der Waals surface area contributed by atoms with Gasteiger partial charge in [-0.15, -0.1) is 0 Å². The van der Waals surface area contributed by atoms with Crippen LogP contribution in [-0.4, -0.2) is 90.7 Å². The lowest BCUT2D eigenvalue weighted by Gasteiger charge is -2.39. The number of hydrogen-bond donors (Lipinski definition) is 5. The van der Waals surface area contributed by atoms with E-state index in [9.17, 15) is 19.5 Å². The zero-order chi connectivity index (χ0) is 28.3. The largest absolute Gasteiger partial charge is 0.481 e. The van der Waals surface area contributed by atoms with Crippen LogP contribution < -0.4 is 0 Å². The summed E-state index contributed by atoms with van der Waals surface area (Å²) in [6, 6.07) is 8.16. The minimum absolute atomic E-state index is 0.642. The Kier molecular flexibility index (Phi) is 11.3. The van der Waals surface area contributed by atoms with Gasteiger partial charge in [-0.3, -0.25) is 14.5 Å². The Morgan fingerprint density at radius 1 is 1.03 bits per heavy atom. The predicted octanol–water partition coefficient (Wildman–Crippen LogP) is 1.21. The number of benzene rings is 1. The van der Waals surface area contributed by atoms with Crippen molar-refractivity contribution in [1.82, 2.24) is 14.9 Å². The van der Waals surface area contributed by atoms with E-state index in [2.05, 4.69) is 33.9 Å². The number of piperidine rings is 1. The molecule has 208 valence electrons. The van der Waals surface area contributed by atoms with Gasteiger partial charge in [0.1, 0.15) is 5.82 Å². The molecule has 3 rings (SSSR count). The van der Waals surface area contributed by atoms with Crippen LogP contribution in [0.3, 0.4) is 0 Å². The van der Waals surface area contributed by atoms with Crippen molar-refractivity contribution in [3.05, 3.63) is 59.2 Å². The molecule has 0 atom stereocenters. The lowest BCUT2D eigenvalue weighted by molar-refractivity contribution is -0.170. The number of ether oxygens (including phenoxy) is 1. The van der Waals surface area contributed by atoms with E-state index in [1.54, 1.807) is 7.11 Å². The normalized spacial score (nSPS) is 15.3. The molecule has 0 bridgehead atoms. The van der Waals surface area contributed by atoms with E-state index in [0.29, 0.717) is 6.61 Å². The maximum atomic E-state index is 11.1. The topological polar surface area (TPSA) is 191 Å². The molecule has 0 aliphatic carbocycles. The van der Waals surface area contributed by atoms with Crippen LogP contribution in [0.25, 0.3) is 0 Å². The maximum absolute atomic E-state index is 11.1. The highest BCUT2D eigenvalue weighted by Gasteiger charge is 2.40. The van der Waals surface area contributed by atoms with Gasteiger partial charge in [0.25, 0.3) is 0 Å². The third-order valence-electron chi connectivity index (χ3n) is 6.31. The van der Waals surface area contributed by atoms with Gasteiger partial charge in [0.15, 0.2) is 5.60 Å². The summed E-state index contributed by atoms with van der Waals surface area (Å²) in [5.41, 5.74) is -0.0958. The Balaban J connectivity index is 0.000000332. The van der Waals surface area contributed by atoms with E-state index < -0.39 is 42.0 Å². The Hall–Kier alpha value is -3.45. The summed E-state index contributed by atoms with van der Waals surface area (Å²) in [6.07, 6.45) is 3.77. The Bertz CT molecular complexity index is 1070. The van der Waals surface area contributed by atoms with E-state index in [0.717, 1.165) is 55.8 Å². The average molecular weight is 534 g/mol. The van der Waals surface area contributed by atoms with E-state index in [4.69, 9.17) is 25.2 Å². The van der Waals surface area contributed by atoms with Crippen molar-refractivity contribution in [3.63, 3.8) is 0 Å². The van der Waals surface area contributed by atoms with Gasteiger partial charge >= 0.3 is 17.9 Å². The van der Waals surface area contributed by atoms with E-state index in [1.807, 2.05) is 24.5 Å². The van der Waals surface area contributed by atoms with Crippen LogP contribution >= 0.6 is 0 Å². The molecule has 0 spiro atoms. The lowest BCUT2D eigenvalue weighted by atomic mass is 9.82. The van der Waals surface area contributed by atoms with Gasteiger partial charge in [-0.2, -0.15) is 0 Å². The summed E-state index contributed by atoms with van der Waals surface area (Å²) in [5, 5.41) is 44.9. The molecule has 0 saturated carbocycles. The molecule has 0 unspecified atom stereocenters. The zero-order valence-electron chi connectivity index (χ0n) is 21.5. The first kappa shape index (κ1) is 30.8. The molecule has 1 aromatic carbocycles. The molecule has 1 aliphatic heterocycles. The number of hydrogen-bond acceptors (Lipinski definition) is 9. The highest BCUT2D eigenvalue weighted by Crippen LogP contribution is 2.34. The molecule has 1 aromatic heterocycles. The summed E-state index contributed by atoms with van der Waals surface area (Å²) in [4.78, 5) is 41.7. The van der Waals surface area contributed by atoms with Crippen molar-refractivity contribution in [3.8, 4) is 0 Å². The third kappa shape index (κ3) is 9.14. The fourth-order valence-corrected chi connectivity index (χ4v) is 4.20. The van der Waals surface area contributed by atoms with Gasteiger partial charge < -0.3 is 30.3 Å². The first-order valence-corrected chi connectivity index (χ1v) is 12.1. The van der Waals surface area contributed by atoms with Crippen LogP contribution in [0, 0.1) is 6.92 Å². The molecule has 12 heteroatoms. The van der Waals surface area contributed by atoms with Crippen LogP contribution in [-0.2, 0) is 37.7 Å². The molecular formula is C26H35N3O9. The molecule has 0 amide bonds. The number of rotatable bonds is 11. The molecule has 1 aliphatic rings. The van der Waals surface area contributed by atoms with E-state index in [-0.39, 0.29) is 0 Å². The number of carbonyl (C=O) groups is 3. The van der Waals surface area contributed by atoms with Crippen molar-refractivity contribution >= 4 is 17.9 Å². The minimum Gasteiger partial charge on any atom is -0.481 e. The third-order valence-corrected chi connectivity index (χ3v) is 6.31. The molecule has 5 N–H and O–H groups in total. The molecule has 0 radical (unpaired) electrons. The molecule has 12 nitrogen and oxygen atoms in total. The standard InChI is InChI=1S/C20H27N3O2.C6H8O7/c1-16-5-3-4-6-18(16)20(24)8-10-23(11-9-20)15-17-13-21-19(22-14-17)7-12-25-2;7-3(8)1-6(13,5(11)12)2-4(9)10/h3-6,13-14,24H,7-12,15H2,1-2H3;13H,1-2H2,(H,7,8)(H,9,10)(H,11,12). The van der Waals surface area contributed by atoms with Crippen molar-refractivity contribution in [2.75, 3.05) is 26.8 Å². The molecule has 2 heterocycles. The lowest BCUT2D eigenvalue weighted by Crippen LogP contribution is -2.42. The number of likely N-dealkylation sites (tertiary alicyclic amines) is 1.